The van der Waals surface area contributed by atoms with Gasteiger partial charge in [-0.2, -0.15) is 13.2 Å². The highest BCUT2D eigenvalue weighted by Crippen LogP contribution is 2.17. The van der Waals surface area contributed by atoms with Crippen LogP contribution < -0.4 is 5.32 Å². The number of halogens is 3. The number of hydrogen-bond donors (Lipinski definition) is 1. The standard InChI is InChI=1S/C11H23F3N2/c1-9(6-7-15-10(2,3)4)16(5)8-11(12,13)14/h9,15H,6-8H2,1-5H3. The molecule has 0 rings (SSSR count). The highest BCUT2D eigenvalue weighted by molar-refractivity contribution is 4.73. The van der Waals surface area contributed by atoms with E-state index in [4.69, 9.17) is 0 Å². The average molecular weight is 240 g/mol. The van der Waals surface area contributed by atoms with Gasteiger partial charge in [0.2, 0.25) is 0 Å². The van der Waals surface area contributed by atoms with Gasteiger partial charge in [-0.25, -0.2) is 0 Å². The summed E-state index contributed by atoms with van der Waals surface area (Å²) >= 11 is 0. The first kappa shape index (κ1) is 15.7. The summed E-state index contributed by atoms with van der Waals surface area (Å²) in [6.07, 6.45) is -3.40. The zero-order valence-electron chi connectivity index (χ0n) is 10.8. The van der Waals surface area contributed by atoms with Crippen LogP contribution in [0.5, 0.6) is 0 Å². The van der Waals surface area contributed by atoms with Gasteiger partial charge in [-0.3, -0.25) is 4.90 Å². The summed E-state index contributed by atoms with van der Waals surface area (Å²) in [5.74, 6) is 0. The average Bonchev–Trinajstić information content (AvgIpc) is 1.98. The summed E-state index contributed by atoms with van der Waals surface area (Å²) in [4.78, 5) is 1.34. The van der Waals surface area contributed by atoms with Crippen LogP contribution >= 0.6 is 0 Å². The number of hydrogen-bond acceptors (Lipinski definition) is 2. The highest BCUT2D eigenvalue weighted by Gasteiger charge is 2.30. The van der Waals surface area contributed by atoms with Crippen molar-refractivity contribution in [3.63, 3.8) is 0 Å². The summed E-state index contributed by atoms with van der Waals surface area (Å²) in [7, 11) is 1.51. The molecule has 0 aromatic heterocycles. The van der Waals surface area contributed by atoms with Gasteiger partial charge in [0.25, 0.3) is 0 Å². The van der Waals surface area contributed by atoms with E-state index in [1.165, 1.54) is 11.9 Å². The van der Waals surface area contributed by atoms with E-state index in [0.717, 1.165) is 6.54 Å². The molecule has 0 saturated carbocycles. The molecule has 0 aliphatic rings. The number of nitrogens with zero attached hydrogens (tertiary/aromatic N) is 1. The molecule has 16 heavy (non-hydrogen) atoms. The summed E-state index contributed by atoms with van der Waals surface area (Å²) in [5, 5.41) is 3.26. The lowest BCUT2D eigenvalue weighted by Crippen LogP contribution is -2.41. The summed E-state index contributed by atoms with van der Waals surface area (Å²) in [5.41, 5.74) is 0.0162. The fourth-order valence-corrected chi connectivity index (χ4v) is 1.32. The van der Waals surface area contributed by atoms with Gasteiger partial charge in [-0.05, 0) is 47.7 Å². The lowest BCUT2D eigenvalue weighted by molar-refractivity contribution is -0.147. The Balaban J connectivity index is 3.84. The van der Waals surface area contributed by atoms with E-state index >= 15 is 0 Å². The van der Waals surface area contributed by atoms with Crippen molar-refractivity contribution < 1.29 is 13.2 Å². The van der Waals surface area contributed by atoms with Crippen LogP contribution in [0.4, 0.5) is 13.2 Å². The maximum Gasteiger partial charge on any atom is 0.401 e. The van der Waals surface area contributed by atoms with Crippen LogP contribution in [0.2, 0.25) is 0 Å². The molecule has 0 spiro atoms. The summed E-state index contributed by atoms with van der Waals surface area (Å²) < 4.78 is 36.4. The normalized spacial score (nSPS) is 15.6. The van der Waals surface area contributed by atoms with Gasteiger partial charge < -0.3 is 5.32 Å². The predicted molar refractivity (Wildman–Crippen MR) is 60.5 cm³/mol. The molecule has 0 aliphatic carbocycles. The van der Waals surface area contributed by atoms with E-state index in [1.54, 1.807) is 0 Å². The molecular weight excluding hydrogens is 217 g/mol. The van der Waals surface area contributed by atoms with Crippen molar-refractivity contribution in [2.45, 2.75) is 51.9 Å². The van der Waals surface area contributed by atoms with Gasteiger partial charge >= 0.3 is 6.18 Å². The van der Waals surface area contributed by atoms with Gasteiger partial charge in [0.15, 0.2) is 0 Å². The lowest BCUT2D eigenvalue weighted by Gasteiger charge is -2.27. The minimum absolute atomic E-state index is 0.0162. The van der Waals surface area contributed by atoms with E-state index in [1.807, 2.05) is 27.7 Å². The first-order valence-corrected chi connectivity index (χ1v) is 5.53. The third-order valence-electron chi connectivity index (χ3n) is 2.40. The van der Waals surface area contributed by atoms with E-state index in [2.05, 4.69) is 5.32 Å². The Morgan fingerprint density at radius 3 is 2.06 bits per heavy atom. The van der Waals surface area contributed by atoms with E-state index < -0.39 is 12.7 Å². The number of rotatable bonds is 5. The Kier molecular flexibility index (Phi) is 5.76. The van der Waals surface area contributed by atoms with Gasteiger partial charge in [-0.15, -0.1) is 0 Å². The van der Waals surface area contributed by atoms with Crippen molar-refractivity contribution in [3.8, 4) is 0 Å². The monoisotopic (exact) mass is 240 g/mol. The topological polar surface area (TPSA) is 15.3 Å². The van der Waals surface area contributed by atoms with Crippen LogP contribution in [0.3, 0.4) is 0 Å². The maximum atomic E-state index is 12.1. The molecule has 0 saturated heterocycles. The van der Waals surface area contributed by atoms with Crippen LogP contribution in [0.1, 0.15) is 34.1 Å². The Morgan fingerprint density at radius 1 is 1.19 bits per heavy atom. The summed E-state index contributed by atoms with van der Waals surface area (Å²) in [6, 6.07) is -0.0727. The number of alkyl halides is 3. The molecule has 0 radical (unpaired) electrons. The Hall–Kier alpha value is -0.290. The third kappa shape index (κ3) is 8.97. The van der Waals surface area contributed by atoms with Crippen LogP contribution in [0.25, 0.3) is 0 Å². The minimum atomic E-state index is -4.11. The molecule has 2 nitrogen and oxygen atoms in total. The van der Waals surface area contributed by atoms with E-state index in [9.17, 15) is 13.2 Å². The molecule has 0 aromatic carbocycles. The molecule has 0 aliphatic heterocycles. The quantitative estimate of drug-likeness (QED) is 0.794. The molecule has 1 N–H and O–H groups in total. The first-order valence-electron chi connectivity index (χ1n) is 5.53. The SMILES string of the molecule is CC(CCNC(C)(C)C)N(C)CC(F)(F)F. The largest absolute Gasteiger partial charge is 0.401 e. The second-order valence-corrected chi connectivity index (χ2v) is 5.34. The highest BCUT2D eigenvalue weighted by atomic mass is 19.4. The molecule has 5 heteroatoms. The van der Waals surface area contributed by atoms with Crippen LogP contribution in [-0.4, -0.2) is 42.8 Å². The van der Waals surface area contributed by atoms with Crippen LogP contribution in [-0.2, 0) is 0 Å². The van der Waals surface area contributed by atoms with E-state index in [-0.39, 0.29) is 11.6 Å². The fraction of sp³-hybridized carbons (Fsp3) is 1.00. The zero-order chi connectivity index (χ0) is 13.0. The molecule has 98 valence electrons. The van der Waals surface area contributed by atoms with Gasteiger partial charge in [0, 0.05) is 11.6 Å². The van der Waals surface area contributed by atoms with Gasteiger partial charge in [0.05, 0.1) is 6.54 Å². The second-order valence-electron chi connectivity index (χ2n) is 5.34. The van der Waals surface area contributed by atoms with Crippen molar-refractivity contribution >= 4 is 0 Å². The van der Waals surface area contributed by atoms with Crippen molar-refractivity contribution in [1.82, 2.24) is 10.2 Å². The molecule has 1 atom stereocenters. The Labute approximate surface area is 96.2 Å². The van der Waals surface area contributed by atoms with Crippen LogP contribution in [0, 0.1) is 0 Å². The second kappa shape index (κ2) is 5.87. The summed E-state index contributed by atoms with van der Waals surface area (Å²) in [6.45, 7) is 7.82. The Bertz CT molecular complexity index is 196. The smallest absolute Gasteiger partial charge is 0.312 e. The Morgan fingerprint density at radius 2 is 1.69 bits per heavy atom. The molecule has 0 aromatic rings. The molecule has 0 fully saturated rings. The lowest BCUT2D eigenvalue weighted by atomic mass is 10.1. The minimum Gasteiger partial charge on any atom is -0.312 e. The van der Waals surface area contributed by atoms with Gasteiger partial charge in [-0.1, -0.05) is 0 Å². The fourth-order valence-electron chi connectivity index (χ4n) is 1.32. The molecule has 0 heterocycles. The molecule has 0 amide bonds. The van der Waals surface area contributed by atoms with Crippen molar-refractivity contribution in [2.24, 2.45) is 0 Å². The number of nitrogens with one attached hydrogen (secondary N) is 1. The van der Waals surface area contributed by atoms with Crippen molar-refractivity contribution in [2.75, 3.05) is 20.1 Å². The van der Waals surface area contributed by atoms with Crippen molar-refractivity contribution in [1.29, 1.82) is 0 Å². The molecule has 1 unspecified atom stereocenters. The molecule has 0 bridgehead atoms. The van der Waals surface area contributed by atoms with E-state index in [0.29, 0.717) is 6.42 Å². The molecular formula is C11H23F3N2. The maximum absolute atomic E-state index is 12.1. The zero-order valence-corrected chi connectivity index (χ0v) is 10.8. The van der Waals surface area contributed by atoms with Gasteiger partial charge in [0.1, 0.15) is 0 Å². The predicted octanol–water partition coefficient (Wildman–Crippen LogP) is 2.65. The first-order chi connectivity index (χ1) is 7.01. The van der Waals surface area contributed by atoms with Crippen molar-refractivity contribution in [3.05, 3.63) is 0 Å². The third-order valence-corrected chi connectivity index (χ3v) is 2.40. The van der Waals surface area contributed by atoms with Crippen LogP contribution in [0.15, 0.2) is 0 Å².